The predicted octanol–water partition coefficient (Wildman–Crippen LogP) is 5.95. The lowest BCUT2D eigenvalue weighted by Crippen LogP contribution is -2.15. The largest absolute Gasteiger partial charge is 0.461 e. The molecule has 1 atom stereocenters. The van der Waals surface area contributed by atoms with Crippen LogP contribution in [0.4, 0.5) is 0 Å². The third-order valence-electron chi connectivity index (χ3n) is 5.44. The van der Waals surface area contributed by atoms with Gasteiger partial charge < -0.3 is 8.83 Å². The Labute approximate surface area is 178 Å². The van der Waals surface area contributed by atoms with Gasteiger partial charge in [-0.15, -0.1) is 20.4 Å². The number of benzene rings is 1. The van der Waals surface area contributed by atoms with Gasteiger partial charge in [-0.25, -0.2) is 0 Å². The van der Waals surface area contributed by atoms with Crippen molar-refractivity contribution in [3.05, 3.63) is 54.6 Å². The summed E-state index contributed by atoms with van der Waals surface area (Å²) in [6, 6.07) is 14.0. The SMILES string of the molecule is CC(Sc1nnc(-c2ccco2)n1C1CCCCC1)c1nnc(-c2ccccc2)o1. The summed E-state index contributed by atoms with van der Waals surface area (Å²) in [6.07, 6.45) is 7.68. The van der Waals surface area contributed by atoms with E-state index in [4.69, 9.17) is 8.83 Å². The first-order valence-corrected chi connectivity index (χ1v) is 11.2. The van der Waals surface area contributed by atoms with Gasteiger partial charge in [0.1, 0.15) is 0 Å². The van der Waals surface area contributed by atoms with Crippen LogP contribution < -0.4 is 0 Å². The Morgan fingerprint density at radius 2 is 1.80 bits per heavy atom. The molecule has 1 aromatic carbocycles. The molecule has 0 saturated heterocycles. The summed E-state index contributed by atoms with van der Waals surface area (Å²) in [5.41, 5.74) is 0.916. The zero-order valence-electron chi connectivity index (χ0n) is 16.8. The van der Waals surface area contributed by atoms with E-state index in [0.717, 1.165) is 35.1 Å². The Bertz CT molecular complexity index is 1080. The number of nitrogens with zero attached hydrogens (tertiary/aromatic N) is 5. The van der Waals surface area contributed by atoms with Crippen molar-refractivity contribution in [3.8, 4) is 23.0 Å². The van der Waals surface area contributed by atoms with Crippen molar-refractivity contribution in [2.45, 2.75) is 55.5 Å². The van der Waals surface area contributed by atoms with Crippen molar-refractivity contribution in [2.75, 3.05) is 0 Å². The molecule has 8 heteroatoms. The van der Waals surface area contributed by atoms with E-state index in [1.165, 1.54) is 19.3 Å². The first kappa shape index (κ1) is 19.1. The lowest BCUT2D eigenvalue weighted by atomic mass is 9.95. The van der Waals surface area contributed by atoms with E-state index in [1.807, 2.05) is 42.5 Å². The van der Waals surface area contributed by atoms with Gasteiger partial charge in [0.2, 0.25) is 17.6 Å². The van der Waals surface area contributed by atoms with Gasteiger partial charge in [0.05, 0.1) is 11.5 Å². The molecule has 4 aromatic rings. The molecule has 30 heavy (non-hydrogen) atoms. The molecule has 3 aromatic heterocycles. The topological polar surface area (TPSA) is 82.8 Å². The second kappa shape index (κ2) is 8.47. The fourth-order valence-electron chi connectivity index (χ4n) is 3.90. The molecule has 7 nitrogen and oxygen atoms in total. The average molecular weight is 422 g/mol. The van der Waals surface area contributed by atoms with Crippen LogP contribution in [-0.2, 0) is 0 Å². The van der Waals surface area contributed by atoms with E-state index in [-0.39, 0.29) is 5.25 Å². The van der Waals surface area contributed by atoms with Crippen LogP contribution in [0, 0.1) is 0 Å². The van der Waals surface area contributed by atoms with E-state index in [1.54, 1.807) is 18.0 Å². The Balaban J connectivity index is 1.42. The third kappa shape index (κ3) is 3.79. The molecular formula is C22H23N5O2S. The Morgan fingerprint density at radius 1 is 0.967 bits per heavy atom. The minimum absolute atomic E-state index is 0.0500. The number of furan rings is 1. The summed E-state index contributed by atoms with van der Waals surface area (Å²) in [6.45, 7) is 2.05. The third-order valence-corrected chi connectivity index (χ3v) is 6.48. The molecule has 0 radical (unpaired) electrons. The fourth-order valence-corrected chi connectivity index (χ4v) is 4.85. The van der Waals surface area contributed by atoms with Crippen molar-refractivity contribution in [2.24, 2.45) is 0 Å². The normalized spacial score (nSPS) is 16.0. The summed E-state index contributed by atoms with van der Waals surface area (Å²) < 4.78 is 13.8. The molecule has 1 aliphatic rings. The lowest BCUT2D eigenvalue weighted by Gasteiger charge is -2.25. The van der Waals surface area contributed by atoms with Crippen LogP contribution in [-0.4, -0.2) is 25.0 Å². The van der Waals surface area contributed by atoms with E-state index in [0.29, 0.717) is 17.8 Å². The van der Waals surface area contributed by atoms with Crippen molar-refractivity contribution in [1.29, 1.82) is 0 Å². The van der Waals surface area contributed by atoms with Gasteiger partial charge in [-0.1, -0.05) is 49.2 Å². The van der Waals surface area contributed by atoms with Crippen LogP contribution in [0.5, 0.6) is 0 Å². The second-order valence-corrected chi connectivity index (χ2v) is 8.82. The minimum Gasteiger partial charge on any atom is -0.461 e. The molecule has 3 heterocycles. The molecule has 1 aliphatic carbocycles. The zero-order valence-corrected chi connectivity index (χ0v) is 17.6. The van der Waals surface area contributed by atoms with Crippen LogP contribution in [0.1, 0.15) is 56.2 Å². The van der Waals surface area contributed by atoms with Gasteiger partial charge in [-0.05, 0) is 44.0 Å². The molecule has 0 bridgehead atoms. The first-order valence-electron chi connectivity index (χ1n) is 10.3. The summed E-state index contributed by atoms with van der Waals surface area (Å²) in [4.78, 5) is 0. The standard InChI is InChI=1S/C22H23N5O2S/c1-15(20-24-25-21(29-20)16-9-4-2-5-10-16)30-22-26-23-19(18-13-8-14-28-18)27(22)17-11-6-3-7-12-17/h2,4-5,8-10,13-15,17H,3,6-7,11-12H2,1H3. The van der Waals surface area contributed by atoms with Crippen molar-refractivity contribution >= 4 is 11.8 Å². The number of hydrogen-bond donors (Lipinski definition) is 0. The summed E-state index contributed by atoms with van der Waals surface area (Å²) in [5, 5.41) is 18.3. The molecular weight excluding hydrogens is 398 g/mol. The van der Waals surface area contributed by atoms with Crippen molar-refractivity contribution in [3.63, 3.8) is 0 Å². The summed E-state index contributed by atoms with van der Waals surface area (Å²) in [7, 11) is 0. The molecule has 0 N–H and O–H groups in total. The van der Waals surface area contributed by atoms with Gasteiger partial charge in [0.25, 0.3) is 0 Å². The number of aromatic nitrogens is 5. The van der Waals surface area contributed by atoms with Crippen LogP contribution >= 0.6 is 11.8 Å². The van der Waals surface area contributed by atoms with Crippen molar-refractivity contribution in [1.82, 2.24) is 25.0 Å². The predicted molar refractivity (Wildman–Crippen MR) is 114 cm³/mol. The monoisotopic (exact) mass is 421 g/mol. The molecule has 0 amide bonds. The Kier molecular flexibility index (Phi) is 5.40. The highest BCUT2D eigenvalue weighted by Crippen LogP contribution is 2.40. The highest BCUT2D eigenvalue weighted by Gasteiger charge is 2.27. The van der Waals surface area contributed by atoms with Crippen LogP contribution in [0.15, 0.2) is 62.7 Å². The van der Waals surface area contributed by atoms with Gasteiger partial charge in [0.15, 0.2) is 10.9 Å². The number of thioether (sulfide) groups is 1. The maximum Gasteiger partial charge on any atom is 0.247 e. The highest BCUT2D eigenvalue weighted by atomic mass is 32.2. The average Bonchev–Trinajstić information content (AvgIpc) is 3.55. The molecule has 5 rings (SSSR count). The Hall–Kier alpha value is -2.87. The molecule has 1 fully saturated rings. The highest BCUT2D eigenvalue weighted by molar-refractivity contribution is 7.99. The summed E-state index contributed by atoms with van der Waals surface area (Å²) >= 11 is 1.60. The fraction of sp³-hybridized carbons (Fsp3) is 0.364. The van der Waals surface area contributed by atoms with Crippen LogP contribution in [0.25, 0.3) is 23.0 Å². The van der Waals surface area contributed by atoms with Gasteiger partial charge in [-0.2, -0.15) is 0 Å². The maximum atomic E-state index is 5.95. The Morgan fingerprint density at radius 3 is 2.57 bits per heavy atom. The molecule has 1 saturated carbocycles. The molecule has 0 spiro atoms. The second-order valence-electron chi connectivity index (χ2n) is 7.52. The van der Waals surface area contributed by atoms with E-state index >= 15 is 0 Å². The molecule has 154 valence electrons. The maximum absolute atomic E-state index is 5.95. The van der Waals surface area contributed by atoms with Gasteiger partial charge in [-0.3, -0.25) is 4.57 Å². The van der Waals surface area contributed by atoms with Gasteiger partial charge >= 0.3 is 0 Å². The molecule has 1 unspecified atom stereocenters. The van der Waals surface area contributed by atoms with Crippen molar-refractivity contribution < 1.29 is 8.83 Å². The smallest absolute Gasteiger partial charge is 0.247 e. The van der Waals surface area contributed by atoms with Crippen LogP contribution in [0.2, 0.25) is 0 Å². The van der Waals surface area contributed by atoms with E-state index in [2.05, 4.69) is 31.9 Å². The zero-order chi connectivity index (χ0) is 20.3. The summed E-state index contributed by atoms with van der Waals surface area (Å²) in [5.74, 6) is 2.65. The minimum atomic E-state index is -0.0500. The molecule has 0 aliphatic heterocycles. The first-order chi connectivity index (χ1) is 14.8. The van der Waals surface area contributed by atoms with Crippen LogP contribution in [0.3, 0.4) is 0 Å². The van der Waals surface area contributed by atoms with E-state index in [9.17, 15) is 0 Å². The lowest BCUT2D eigenvalue weighted by molar-refractivity contribution is 0.337. The quantitative estimate of drug-likeness (QED) is 0.356. The number of rotatable bonds is 6. The number of hydrogen-bond acceptors (Lipinski definition) is 7. The van der Waals surface area contributed by atoms with E-state index < -0.39 is 0 Å². The van der Waals surface area contributed by atoms with Gasteiger partial charge in [0, 0.05) is 11.6 Å².